The van der Waals surface area contributed by atoms with Crippen LogP contribution in [0.5, 0.6) is 0 Å². The van der Waals surface area contributed by atoms with Gasteiger partial charge in [-0.15, -0.1) is 0 Å². The zero-order valence-corrected chi connectivity index (χ0v) is 12.6. The highest BCUT2D eigenvalue weighted by Crippen LogP contribution is 2.31. The normalized spacial score (nSPS) is 30.9. The lowest BCUT2D eigenvalue weighted by Crippen LogP contribution is -2.56. The molecule has 0 saturated carbocycles. The van der Waals surface area contributed by atoms with Gasteiger partial charge in [-0.25, -0.2) is 0 Å². The SMILES string of the molecule is CN(CC1CCCOC1)C(=O)C1NCCCC1(C)C. The van der Waals surface area contributed by atoms with Gasteiger partial charge < -0.3 is 15.0 Å². The van der Waals surface area contributed by atoms with Crippen LogP contribution in [0.3, 0.4) is 0 Å². The van der Waals surface area contributed by atoms with Crippen molar-refractivity contribution in [3.05, 3.63) is 0 Å². The van der Waals surface area contributed by atoms with Gasteiger partial charge in [0.2, 0.25) is 5.91 Å². The van der Waals surface area contributed by atoms with Gasteiger partial charge in [0.15, 0.2) is 0 Å². The summed E-state index contributed by atoms with van der Waals surface area (Å²) < 4.78 is 5.50. The fraction of sp³-hybridized carbons (Fsp3) is 0.933. The molecule has 0 spiro atoms. The molecule has 0 aromatic carbocycles. The van der Waals surface area contributed by atoms with Crippen molar-refractivity contribution in [2.75, 3.05) is 33.4 Å². The van der Waals surface area contributed by atoms with E-state index in [0.29, 0.717) is 5.92 Å². The van der Waals surface area contributed by atoms with E-state index in [4.69, 9.17) is 4.74 Å². The molecule has 4 heteroatoms. The molecule has 0 bridgehead atoms. The molecule has 2 fully saturated rings. The fourth-order valence-corrected chi connectivity index (χ4v) is 3.28. The largest absolute Gasteiger partial charge is 0.381 e. The first kappa shape index (κ1) is 14.8. The van der Waals surface area contributed by atoms with E-state index in [9.17, 15) is 4.79 Å². The summed E-state index contributed by atoms with van der Waals surface area (Å²) in [6.45, 7) is 7.86. The third kappa shape index (κ3) is 3.69. The third-order valence-corrected chi connectivity index (χ3v) is 4.54. The van der Waals surface area contributed by atoms with E-state index in [2.05, 4.69) is 19.2 Å². The molecule has 2 aliphatic rings. The number of carbonyl (C=O) groups is 1. The Kier molecular flexibility index (Phi) is 4.85. The maximum absolute atomic E-state index is 12.6. The maximum atomic E-state index is 12.6. The van der Waals surface area contributed by atoms with Gasteiger partial charge in [0.05, 0.1) is 12.6 Å². The van der Waals surface area contributed by atoms with Crippen molar-refractivity contribution >= 4 is 5.91 Å². The number of nitrogens with one attached hydrogen (secondary N) is 1. The molecule has 2 heterocycles. The monoisotopic (exact) mass is 268 g/mol. The number of hydrogen-bond acceptors (Lipinski definition) is 3. The van der Waals surface area contributed by atoms with Crippen molar-refractivity contribution in [1.82, 2.24) is 10.2 Å². The number of rotatable bonds is 3. The lowest BCUT2D eigenvalue weighted by molar-refractivity contribution is -0.137. The van der Waals surface area contributed by atoms with Crippen LogP contribution in [0.15, 0.2) is 0 Å². The summed E-state index contributed by atoms with van der Waals surface area (Å²) in [7, 11) is 1.93. The smallest absolute Gasteiger partial charge is 0.240 e. The first-order valence-electron chi connectivity index (χ1n) is 7.57. The van der Waals surface area contributed by atoms with Gasteiger partial charge in [0.1, 0.15) is 0 Å². The lowest BCUT2D eigenvalue weighted by atomic mass is 9.77. The van der Waals surface area contributed by atoms with E-state index >= 15 is 0 Å². The minimum absolute atomic E-state index is 0.0317. The molecule has 19 heavy (non-hydrogen) atoms. The third-order valence-electron chi connectivity index (χ3n) is 4.54. The van der Waals surface area contributed by atoms with Crippen molar-refractivity contribution in [3.63, 3.8) is 0 Å². The number of ether oxygens (including phenoxy) is 1. The van der Waals surface area contributed by atoms with E-state index in [0.717, 1.165) is 45.6 Å². The second-order valence-electron chi connectivity index (χ2n) is 6.78. The molecule has 2 unspecified atom stereocenters. The minimum Gasteiger partial charge on any atom is -0.381 e. The van der Waals surface area contributed by atoms with E-state index in [-0.39, 0.29) is 17.4 Å². The summed E-state index contributed by atoms with van der Waals surface area (Å²) in [6.07, 6.45) is 4.59. The molecule has 0 aliphatic carbocycles. The van der Waals surface area contributed by atoms with Crippen molar-refractivity contribution in [3.8, 4) is 0 Å². The molecule has 0 aromatic heterocycles. The second-order valence-corrected chi connectivity index (χ2v) is 6.78. The molecule has 4 nitrogen and oxygen atoms in total. The van der Waals surface area contributed by atoms with Crippen molar-refractivity contribution in [2.45, 2.75) is 45.6 Å². The van der Waals surface area contributed by atoms with E-state index in [1.54, 1.807) is 0 Å². The molecule has 2 saturated heterocycles. The van der Waals surface area contributed by atoms with Gasteiger partial charge in [-0.05, 0) is 43.6 Å². The Hall–Kier alpha value is -0.610. The van der Waals surface area contributed by atoms with Crippen molar-refractivity contribution in [1.29, 1.82) is 0 Å². The fourth-order valence-electron chi connectivity index (χ4n) is 3.28. The molecule has 2 rings (SSSR count). The van der Waals surface area contributed by atoms with Gasteiger partial charge in [-0.1, -0.05) is 13.8 Å². The predicted octanol–water partition coefficient (Wildman–Crippen LogP) is 1.65. The summed E-state index contributed by atoms with van der Waals surface area (Å²) >= 11 is 0. The number of amides is 1. The molecule has 110 valence electrons. The van der Waals surface area contributed by atoms with Crippen LogP contribution in [0, 0.1) is 11.3 Å². The Morgan fingerprint density at radius 3 is 2.84 bits per heavy atom. The molecule has 1 amide bonds. The predicted molar refractivity (Wildman–Crippen MR) is 76.0 cm³/mol. The summed E-state index contributed by atoms with van der Waals surface area (Å²) in [6, 6.07) is -0.0317. The molecule has 2 atom stereocenters. The summed E-state index contributed by atoms with van der Waals surface area (Å²) in [5.74, 6) is 0.754. The van der Waals surface area contributed by atoms with Gasteiger partial charge in [0, 0.05) is 20.2 Å². The highest BCUT2D eigenvalue weighted by atomic mass is 16.5. The van der Waals surface area contributed by atoms with Gasteiger partial charge in [-0.3, -0.25) is 4.79 Å². The van der Waals surface area contributed by atoms with Gasteiger partial charge >= 0.3 is 0 Å². The Morgan fingerprint density at radius 2 is 2.21 bits per heavy atom. The zero-order valence-electron chi connectivity index (χ0n) is 12.6. The number of likely N-dealkylation sites (N-methyl/N-ethyl adjacent to an activating group) is 1. The van der Waals surface area contributed by atoms with Crippen LogP contribution >= 0.6 is 0 Å². The van der Waals surface area contributed by atoms with Crippen LogP contribution in [0.1, 0.15) is 39.5 Å². The lowest BCUT2D eigenvalue weighted by Gasteiger charge is -2.40. The van der Waals surface area contributed by atoms with Crippen molar-refractivity contribution < 1.29 is 9.53 Å². The molecule has 0 aromatic rings. The van der Waals surface area contributed by atoms with Crippen molar-refractivity contribution in [2.24, 2.45) is 11.3 Å². The zero-order chi connectivity index (χ0) is 13.9. The van der Waals surface area contributed by atoms with E-state index < -0.39 is 0 Å². The number of hydrogen-bond donors (Lipinski definition) is 1. The maximum Gasteiger partial charge on any atom is 0.240 e. The molecule has 2 aliphatic heterocycles. The molecule has 1 N–H and O–H groups in total. The Bertz CT molecular complexity index is 311. The average Bonchev–Trinajstić information content (AvgIpc) is 2.38. The quantitative estimate of drug-likeness (QED) is 0.846. The summed E-state index contributed by atoms with van der Waals surface area (Å²) in [4.78, 5) is 14.5. The molecular formula is C15H28N2O2. The second kappa shape index (κ2) is 6.23. The number of nitrogens with zero attached hydrogens (tertiary/aromatic N) is 1. The van der Waals surface area contributed by atoms with E-state index in [1.165, 1.54) is 6.42 Å². The van der Waals surface area contributed by atoms with E-state index in [1.807, 2.05) is 11.9 Å². The Morgan fingerprint density at radius 1 is 1.42 bits per heavy atom. The Labute approximate surface area is 116 Å². The molecular weight excluding hydrogens is 240 g/mol. The first-order chi connectivity index (χ1) is 9.00. The van der Waals surface area contributed by atoms with Gasteiger partial charge in [-0.2, -0.15) is 0 Å². The van der Waals surface area contributed by atoms with Crippen LogP contribution in [0.4, 0.5) is 0 Å². The number of carbonyl (C=O) groups excluding carboxylic acids is 1. The van der Waals surface area contributed by atoms with Crippen LogP contribution in [-0.4, -0.2) is 50.2 Å². The summed E-state index contributed by atoms with van der Waals surface area (Å²) in [5, 5.41) is 3.40. The van der Waals surface area contributed by atoms with Crippen LogP contribution in [0.25, 0.3) is 0 Å². The van der Waals surface area contributed by atoms with Crippen LogP contribution in [0.2, 0.25) is 0 Å². The summed E-state index contributed by atoms with van der Waals surface area (Å²) in [5.41, 5.74) is 0.0622. The number of piperidine rings is 1. The highest BCUT2D eigenvalue weighted by Gasteiger charge is 2.38. The van der Waals surface area contributed by atoms with Crippen LogP contribution < -0.4 is 5.32 Å². The minimum atomic E-state index is -0.0317. The van der Waals surface area contributed by atoms with Gasteiger partial charge in [0.25, 0.3) is 0 Å². The Balaban J connectivity index is 1.90. The first-order valence-corrected chi connectivity index (χ1v) is 7.57. The average molecular weight is 268 g/mol. The highest BCUT2D eigenvalue weighted by molar-refractivity contribution is 5.82. The molecule has 0 radical (unpaired) electrons. The topological polar surface area (TPSA) is 41.6 Å². The standard InChI is InChI=1S/C15H28N2O2/c1-15(2)7-5-8-16-13(15)14(18)17(3)10-12-6-4-9-19-11-12/h12-13,16H,4-11H2,1-3H3. The van der Waals surface area contributed by atoms with Crippen LogP contribution in [-0.2, 0) is 9.53 Å².